The number of nitrogens with one attached hydrogen (secondary N) is 1. The maximum absolute atomic E-state index is 13.2. The maximum Gasteiger partial charge on any atom is 0.337 e. The van der Waals surface area contributed by atoms with E-state index < -0.39 is 11.4 Å². The molecule has 1 amide bonds. The molecule has 1 aromatic carbocycles. The molecule has 1 spiro atoms. The summed E-state index contributed by atoms with van der Waals surface area (Å²) in [6.07, 6.45) is 3.67. The molecule has 7 heteroatoms. The Morgan fingerprint density at radius 1 is 1.41 bits per heavy atom. The first-order valence-corrected chi connectivity index (χ1v) is 10.2. The summed E-state index contributed by atoms with van der Waals surface area (Å²) in [5.41, 5.74) is 1.10. The maximum atomic E-state index is 13.2. The number of hydrogen-bond donors (Lipinski definition) is 2. The molecule has 7 nitrogen and oxygen atoms in total. The molecule has 1 aromatic rings. The zero-order valence-corrected chi connectivity index (χ0v) is 17.1. The summed E-state index contributed by atoms with van der Waals surface area (Å²) < 4.78 is 10.2. The first-order valence-electron chi connectivity index (χ1n) is 10.2. The van der Waals surface area contributed by atoms with Gasteiger partial charge in [0.1, 0.15) is 5.75 Å². The molecule has 2 saturated heterocycles. The number of amides is 1. The zero-order valence-electron chi connectivity index (χ0n) is 17.1. The number of phenols is 1. The number of nitrogens with zero attached hydrogens (tertiary/aromatic N) is 1. The molecule has 4 atom stereocenters. The van der Waals surface area contributed by atoms with Gasteiger partial charge in [0, 0.05) is 23.8 Å². The highest BCUT2D eigenvalue weighted by molar-refractivity contribution is 6.08. The lowest BCUT2D eigenvalue weighted by Gasteiger charge is -2.45. The summed E-state index contributed by atoms with van der Waals surface area (Å²) in [6.45, 7) is 3.70. The zero-order chi connectivity index (χ0) is 20.8. The van der Waals surface area contributed by atoms with Crippen LogP contribution in [0.15, 0.2) is 30.0 Å². The average Bonchev–Trinajstić information content (AvgIpc) is 3.24. The van der Waals surface area contributed by atoms with E-state index in [1.54, 1.807) is 12.1 Å². The van der Waals surface area contributed by atoms with Crippen molar-refractivity contribution in [1.82, 2.24) is 4.90 Å². The summed E-state index contributed by atoms with van der Waals surface area (Å²) >= 11 is 0. The Labute approximate surface area is 170 Å². The number of carbonyl (C=O) groups is 2. The van der Waals surface area contributed by atoms with Crippen LogP contribution >= 0.6 is 0 Å². The van der Waals surface area contributed by atoms with Crippen molar-refractivity contribution in [2.24, 2.45) is 11.8 Å². The van der Waals surface area contributed by atoms with Gasteiger partial charge in [0.25, 0.3) is 0 Å². The van der Waals surface area contributed by atoms with Crippen molar-refractivity contribution < 1.29 is 24.2 Å². The summed E-state index contributed by atoms with van der Waals surface area (Å²) in [5.74, 6) is -0.125. The number of fused-ring (bicyclic) bond motifs is 4. The number of anilines is 1. The second-order valence-electron chi connectivity index (χ2n) is 8.20. The molecule has 0 bridgehead atoms. The van der Waals surface area contributed by atoms with Crippen LogP contribution in [-0.4, -0.2) is 55.2 Å². The van der Waals surface area contributed by atoms with E-state index in [9.17, 15) is 14.7 Å². The van der Waals surface area contributed by atoms with Crippen LogP contribution in [0.4, 0.5) is 5.69 Å². The molecule has 4 rings (SSSR count). The second kappa shape index (κ2) is 7.37. The van der Waals surface area contributed by atoms with Crippen LogP contribution in [-0.2, 0) is 24.5 Å². The molecular formula is C22H28N2O5. The first kappa shape index (κ1) is 19.8. The number of rotatable bonds is 4. The molecule has 3 aliphatic rings. The standard InChI is InChI=1S/C22H28N2O5/c1-4-13-11-24-9-8-22(19-16(23-21(22)27)6-5-7-17(19)25)18(24)10-14(13)15(12-28-2)20(26)29-3/h5-7,12-14,18,25H,4,8-11H2,1-3H3,(H,23,27)/b15-12+/t13-,14+,18+,22+/m1/s1. The SMILES string of the molecule is CC[C@@H]1CN2CC[C@]3(C(=O)Nc4cccc(O)c43)[C@@H]2C[C@@H]1/C(=C\OC)C(=O)OC. The minimum Gasteiger partial charge on any atom is -0.508 e. The van der Waals surface area contributed by atoms with Gasteiger partial charge in [0.15, 0.2) is 0 Å². The molecule has 3 heterocycles. The van der Waals surface area contributed by atoms with Crippen molar-refractivity contribution in [2.45, 2.75) is 37.6 Å². The highest BCUT2D eigenvalue weighted by Gasteiger charge is 2.61. The van der Waals surface area contributed by atoms with E-state index in [1.807, 2.05) is 6.07 Å². The van der Waals surface area contributed by atoms with Crippen LogP contribution in [0.25, 0.3) is 0 Å². The van der Waals surface area contributed by atoms with E-state index in [1.165, 1.54) is 20.5 Å². The third kappa shape index (κ3) is 2.82. The van der Waals surface area contributed by atoms with Crippen molar-refractivity contribution in [1.29, 1.82) is 0 Å². The summed E-state index contributed by atoms with van der Waals surface area (Å²) in [4.78, 5) is 28.1. The van der Waals surface area contributed by atoms with Gasteiger partial charge in [-0.2, -0.15) is 0 Å². The topological polar surface area (TPSA) is 88.1 Å². The summed E-state index contributed by atoms with van der Waals surface area (Å²) in [6, 6.07) is 5.12. The number of hydrogen-bond acceptors (Lipinski definition) is 6. The fourth-order valence-corrected chi connectivity index (χ4v) is 5.73. The predicted octanol–water partition coefficient (Wildman–Crippen LogP) is 2.41. The molecule has 0 aromatic heterocycles. The van der Waals surface area contributed by atoms with Gasteiger partial charge in [0.2, 0.25) is 5.91 Å². The Hall–Kier alpha value is -2.54. The van der Waals surface area contributed by atoms with Crippen molar-refractivity contribution in [3.63, 3.8) is 0 Å². The van der Waals surface area contributed by atoms with Crippen LogP contribution in [0.2, 0.25) is 0 Å². The highest BCUT2D eigenvalue weighted by atomic mass is 16.5. The summed E-state index contributed by atoms with van der Waals surface area (Å²) in [5, 5.41) is 13.6. The lowest BCUT2D eigenvalue weighted by molar-refractivity contribution is -0.137. The van der Waals surface area contributed by atoms with Gasteiger partial charge in [-0.15, -0.1) is 0 Å². The van der Waals surface area contributed by atoms with Gasteiger partial charge < -0.3 is 19.9 Å². The van der Waals surface area contributed by atoms with Crippen LogP contribution in [0.3, 0.4) is 0 Å². The first-order chi connectivity index (χ1) is 14.0. The van der Waals surface area contributed by atoms with Crippen molar-refractivity contribution in [3.05, 3.63) is 35.6 Å². The van der Waals surface area contributed by atoms with Gasteiger partial charge in [-0.05, 0) is 43.4 Å². The van der Waals surface area contributed by atoms with Crippen LogP contribution in [0.5, 0.6) is 5.75 Å². The van der Waals surface area contributed by atoms with E-state index in [-0.39, 0.29) is 29.5 Å². The van der Waals surface area contributed by atoms with Crippen LogP contribution in [0, 0.1) is 11.8 Å². The van der Waals surface area contributed by atoms with E-state index in [0.29, 0.717) is 29.7 Å². The van der Waals surface area contributed by atoms with Gasteiger partial charge in [0.05, 0.1) is 31.5 Å². The summed E-state index contributed by atoms with van der Waals surface area (Å²) in [7, 11) is 2.90. The number of ether oxygens (including phenoxy) is 2. The Morgan fingerprint density at radius 2 is 2.21 bits per heavy atom. The fraction of sp³-hybridized carbons (Fsp3) is 0.545. The Balaban J connectivity index is 1.77. The number of aromatic hydroxyl groups is 1. The minimum atomic E-state index is -0.800. The van der Waals surface area contributed by atoms with E-state index in [4.69, 9.17) is 9.47 Å². The number of esters is 1. The lowest BCUT2D eigenvalue weighted by Crippen LogP contribution is -2.53. The minimum absolute atomic E-state index is 0.0643. The molecule has 29 heavy (non-hydrogen) atoms. The molecule has 2 fully saturated rings. The van der Waals surface area contributed by atoms with Crippen LogP contribution < -0.4 is 5.32 Å². The second-order valence-corrected chi connectivity index (χ2v) is 8.20. The van der Waals surface area contributed by atoms with E-state index in [2.05, 4.69) is 17.1 Å². The van der Waals surface area contributed by atoms with Gasteiger partial charge in [-0.1, -0.05) is 19.4 Å². The number of phenolic OH excluding ortho intramolecular Hbond substituents is 1. The van der Waals surface area contributed by atoms with Gasteiger partial charge in [-0.3, -0.25) is 9.69 Å². The molecule has 3 aliphatic heterocycles. The van der Waals surface area contributed by atoms with Crippen LogP contribution in [0.1, 0.15) is 31.7 Å². The fourth-order valence-electron chi connectivity index (χ4n) is 5.73. The Kier molecular flexibility index (Phi) is 5.02. The number of carbonyl (C=O) groups excluding carboxylic acids is 2. The number of piperidine rings is 1. The Morgan fingerprint density at radius 3 is 2.90 bits per heavy atom. The molecule has 2 N–H and O–H groups in total. The molecule has 0 saturated carbocycles. The monoisotopic (exact) mass is 400 g/mol. The smallest absolute Gasteiger partial charge is 0.337 e. The molecule has 0 unspecified atom stereocenters. The predicted molar refractivity (Wildman–Crippen MR) is 107 cm³/mol. The van der Waals surface area contributed by atoms with Gasteiger partial charge >= 0.3 is 5.97 Å². The molecular weight excluding hydrogens is 372 g/mol. The third-order valence-electron chi connectivity index (χ3n) is 7.05. The molecule has 0 aliphatic carbocycles. The quantitative estimate of drug-likeness (QED) is 0.458. The Bertz CT molecular complexity index is 867. The average molecular weight is 400 g/mol. The largest absolute Gasteiger partial charge is 0.508 e. The van der Waals surface area contributed by atoms with Crippen molar-refractivity contribution in [2.75, 3.05) is 32.6 Å². The highest BCUT2D eigenvalue weighted by Crippen LogP contribution is 2.55. The van der Waals surface area contributed by atoms with E-state index in [0.717, 1.165) is 19.5 Å². The normalized spacial score (nSPS) is 31.3. The molecule has 0 radical (unpaired) electrons. The number of benzene rings is 1. The van der Waals surface area contributed by atoms with Gasteiger partial charge in [-0.25, -0.2) is 4.79 Å². The van der Waals surface area contributed by atoms with Crippen molar-refractivity contribution >= 4 is 17.6 Å². The third-order valence-corrected chi connectivity index (χ3v) is 7.05. The molecule has 156 valence electrons. The van der Waals surface area contributed by atoms with Crippen molar-refractivity contribution in [3.8, 4) is 5.75 Å². The lowest BCUT2D eigenvalue weighted by atomic mass is 9.67. The number of methoxy groups -OCH3 is 2. The van der Waals surface area contributed by atoms with E-state index >= 15 is 0 Å².